The summed E-state index contributed by atoms with van der Waals surface area (Å²) in [6.07, 6.45) is 0. The minimum absolute atomic E-state index is 0.0135. The number of aromatic nitrogens is 1. The van der Waals surface area contributed by atoms with Crippen LogP contribution in [0.15, 0.2) is 29.1 Å². The third-order valence-corrected chi connectivity index (χ3v) is 3.66. The molecule has 0 saturated heterocycles. The van der Waals surface area contributed by atoms with Crippen molar-refractivity contribution in [2.75, 3.05) is 0 Å². The molecular weight excluding hydrogens is 280 g/mol. The summed E-state index contributed by atoms with van der Waals surface area (Å²) in [4.78, 5) is 40.4. The van der Waals surface area contributed by atoms with Crippen LogP contribution in [0.4, 0.5) is 0 Å². The Bertz CT molecular complexity index is 724. The molecule has 0 atom stereocenters. The van der Waals surface area contributed by atoms with Gasteiger partial charge in [-0.2, -0.15) is 0 Å². The lowest BCUT2D eigenvalue weighted by atomic mass is 10.1. The van der Waals surface area contributed by atoms with E-state index in [1.54, 1.807) is 10.9 Å². The van der Waals surface area contributed by atoms with E-state index >= 15 is 0 Å². The first kappa shape index (κ1) is 12.5. The van der Waals surface area contributed by atoms with Gasteiger partial charge in [0.15, 0.2) is 0 Å². The number of carbonyl (C=O) groups excluding carboxylic acids is 2. The number of carboxylic acid groups (broad SMARTS) is 1. The van der Waals surface area contributed by atoms with E-state index in [-0.39, 0.29) is 23.2 Å². The lowest BCUT2D eigenvalue weighted by molar-refractivity contribution is 0.0639. The van der Waals surface area contributed by atoms with E-state index in [1.165, 1.54) is 29.5 Å². The molecule has 3 rings (SSSR count). The second-order valence-corrected chi connectivity index (χ2v) is 4.96. The molecule has 0 aliphatic carbocycles. The molecule has 2 amide bonds. The second-order valence-electron chi connectivity index (χ2n) is 4.24. The van der Waals surface area contributed by atoms with E-state index in [4.69, 9.17) is 5.11 Å². The highest BCUT2D eigenvalue weighted by Gasteiger charge is 2.36. The van der Waals surface area contributed by atoms with Gasteiger partial charge in [-0.25, -0.2) is 9.78 Å². The average molecular weight is 288 g/mol. The normalized spacial score (nSPS) is 13.7. The van der Waals surface area contributed by atoms with Crippen LogP contribution in [-0.2, 0) is 6.54 Å². The molecule has 2 aromatic rings. The molecule has 2 heterocycles. The Hall–Kier alpha value is -2.54. The molecule has 0 bridgehead atoms. The minimum atomic E-state index is -1.13. The highest BCUT2D eigenvalue weighted by molar-refractivity contribution is 7.07. The van der Waals surface area contributed by atoms with E-state index in [2.05, 4.69) is 4.98 Å². The van der Waals surface area contributed by atoms with Crippen molar-refractivity contribution in [2.24, 2.45) is 0 Å². The van der Waals surface area contributed by atoms with Gasteiger partial charge in [-0.05, 0) is 18.2 Å². The third-order valence-electron chi connectivity index (χ3n) is 3.02. The van der Waals surface area contributed by atoms with Crippen molar-refractivity contribution in [1.82, 2.24) is 9.88 Å². The monoisotopic (exact) mass is 288 g/mol. The first-order valence-corrected chi connectivity index (χ1v) is 6.63. The molecule has 1 aliphatic heterocycles. The van der Waals surface area contributed by atoms with E-state index in [1.807, 2.05) is 0 Å². The SMILES string of the molecule is O=C(O)c1ccc2c(c1)C(=O)N(Cc1cscn1)C2=O. The first-order valence-electron chi connectivity index (χ1n) is 5.68. The summed E-state index contributed by atoms with van der Waals surface area (Å²) in [5.74, 6) is -2.04. The van der Waals surface area contributed by atoms with Crippen molar-refractivity contribution < 1.29 is 19.5 Å². The van der Waals surface area contributed by atoms with E-state index in [0.717, 1.165) is 4.90 Å². The molecule has 1 aromatic heterocycles. The van der Waals surface area contributed by atoms with Crippen LogP contribution in [0.1, 0.15) is 36.8 Å². The number of hydrogen-bond donors (Lipinski definition) is 1. The lowest BCUT2D eigenvalue weighted by Crippen LogP contribution is -2.29. The largest absolute Gasteiger partial charge is 0.478 e. The zero-order valence-corrected chi connectivity index (χ0v) is 10.9. The average Bonchev–Trinajstić information content (AvgIpc) is 3.02. The number of carboxylic acids is 1. The zero-order chi connectivity index (χ0) is 14.3. The molecule has 1 aromatic carbocycles. The zero-order valence-electron chi connectivity index (χ0n) is 10.1. The molecule has 1 N–H and O–H groups in total. The molecule has 1 aliphatic rings. The fourth-order valence-electron chi connectivity index (χ4n) is 2.04. The predicted molar refractivity (Wildman–Crippen MR) is 69.7 cm³/mol. The van der Waals surface area contributed by atoms with Gasteiger partial charge in [0.2, 0.25) is 0 Å². The molecule has 0 saturated carbocycles. The first-order chi connectivity index (χ1) is 9.58. The van der Waals surface area contributed by atoms with Crippen LogP contribution < -0.4 is 0 Å². The molecular formula is C13H8N2O4S. The summed E-state index contributed by atoms with van der Waals surface area (Å²) in [5, 5.41) is 10.7. The number of thiazole rings is 1. The maximum absolute atomic E-state index is 12.2. The number of nitrogens with zero attached hydrogens (tertiary/aromatic N) is 2. The number of carbonyl (C=O) groups is 3. The topological polar surface area (TPSA) is 87.6 Å². The predicted octanol–water partition coefficient (Wildman–Crippen LogP) is 1.64. The smallest absolute Gasteiger partial charge is 0.335 e. The van der Waals surface area contributed by atoms with Gasteiger partial charge in [0.1, 0.15) is 0 Å². The van der Waals surface area contributed by atoms with Crippen molar-refractivity contribution in [3.63, 3.8) is 0 Å². The van der Waals surface area contributed by atoms with Crippen LogP contribution in [-0.4, -0.2) is 32.8 Å². The standard InChI is InChI=1S/C13H8N2O4S/c16-11-9-2-1-7(13(18)19)3-10(9)12(17)15(11)4-8-5-20-6-14-8/h1-3,5-6H,4H2,(H,18,19). The summed E-state index contributed by atoms with van der Waals surface area (Å²) in [5.41, 5.74) is 2.60. The van der Waals surface area contributed by atoms with Gasteiger partial charge in [0.05, 0.1) is 34.4 Å². The second kappa shape index (κ2) is 4.53. The highest BCUT2D eigenvalue weighted by Crippen LogP contribution is 2.25. The maximum Gasteiger partial charge on any atom is 0.335 e. The Labute approximate surface area is 117 Å². The van der Waals surface area contributed by atoms with Gasteiger partial charge in [-0.1, -0.05) is 0 Å². The number of amides is 2. The van der Waals surface area contributed by atoms with Crippen LogP contribution in [0.3, 0.4) is 0 Å². The summed E-state index contributed by atoms with van der Waals surface area (Å²) < 4.78 is 0. The quantitative estimate of drug-likeness (QED) is 0.867. The summed E-state index contributed by atoms with van der Waals surface area (Å²) in [6.45, 7) is 0.0955. The van der Waals surface area contributed by atoms with Crippen molar-refractivity contribution in [3.05, 3.63) is 51.5 Å². The number of aromatic carboxylic acids is 1. The number of benzene rings is 1. The molecule has 20 heavy (non-hydrogen) atoms. The maximum atomic E-state index is 12.2. The van der Waals surface area contributed by atoms with Gasteiger partial charge < -0.3 is 5.11 Å². The Morgan fingerprint density at radius 2 is 2.00 bits per heavy atom. The Morgan fingerprint density at radius 1 is 1.25 bits per heavy atom. The minimum Gasteiger partial charge on any atom is -0.478 e. The van der Waals surface area contributed by atoms with Crippen LogP contribution >= 0.6 is 11.3 Å². The molecule has 0 unspecified atom stereocenters. The molecule has 6 nitrogen and oxygen atoms in total. The third kappa shape index (κ3) is 1.88. The van der Waals surface area contributed by atoms with Crippen molar-refractivity contribution in [1.29, 1.82) is 0 Å². The van der Waals surface area contributed by atoms with E-state index in [9.17, 15) is 14.4 Å². The van der Waals surface area contributed by atoms with Gasteiger partial charge in [0, 0.05) is 5.38 Å². The molecule has 0 fully saturated rings. The highest BCUT2D eigenvalue weighted by atomic mass is 32.1. The molecule has 0 spiro atoms. The van der Waals surface area contributed by atoms with Gasteiger partial charge >= 0.3 is 5.97 Å². The van der Waals surface area contributed by atoms with Crippen LogP contribution in [0.5, 0.6) is 0 Å². The van der Waals surface area contributed by atoms with Crippen molar-refractivity contribution >= 4 is 29.1 Å². The van der Waals surface area contributed by atoms with Gasteiger partial charge in [0.25, 0.3) is 11.8 Å². The molecule has 7 heteroatoms. The lowest BCUT2D eigenvalue weighted by Gasteiger charge is -2.11. The summed E-state index contributed by atoms with van der Waals surface area (Å²) in [6, 6.07) is 3.93. The fraction of sp³-hybridized carbons (Fsp3) is 0.0769. The van der Waals surface area contributed by atoms with Gasteiger partial charge in [-0.3, -0.25) is 14.5 Å². The van der Waals surface area contributed by atoms with Crippen LogP contribution in [0.25, 0.3) is 0 Å². The molecule has 100 valence electrons. The van der Waals surface area contributed by atoms with Crippen molar-refractivity contribution in [3.8, 4) is 0 Å². The summed E-state index contributed by atoms with van der Waals surface area (Å²) in [7, 11) is 0. The Balaban J connectivity index is 1.97. The Kier molecular flexibility index (Phi) is 2.83. The van der Waals surface area contributed by atoms with Crippen LogP contribution in [0, 0.1) is 0 Å². The van der Waals surface area contributed by atoms with E-state index < -0.39 is 17.8 Å². The number of rotatable bonds is 3. The fourth-order valence-corrected chi connectivity index (χ4v) is 2.59. The number of imide groups is 1. The molecule has 0 radical (unpaired) electrons. The van der Waals surface area contributed by atoms with Crippen LogP contribution in [0.2, 0.25) is 0 Å². The summed E-state index contributed by atoms with van der Waals surface area (Å²) >= 11 is 1.38. The Morgan fingerprint density at radius 3 is 2.65 bits per heavy atom. The number of hydrogen-bond acceptors (Lipinski definition) is 5. The van der Waals surface area contributed by atoms with Crippen molar-refractivity contribution in [2.45, 2.75) is 6.54 Å². The van der Waals surface area contributed by atoms with E-state index in [0.29, 0.717) is 5.69 Å². The number of fused-ring (bicyclic) bond motifs is 1. The van der Waals surface area contributed by atoms with Gasteiger partial charge in [-0.15, -0.1) is 11.3 Å².